The van der Waals surface area contributed by atoms with E-state index in [1.807, 2.05) is 4.57 Å². The van der Waals surface area contributed by atoms with Gasteiger partial charge in [-0.15, -0.1) is 0 Å². The zero-order valence-corrected chi connectivity index (χ0v) is 11.5. The zero-order chi connectivity index (χ0) is 15.0. The van der Waals surface area contributed by atoms with Gasteiger partial charge in [0, 0.05) is 32.3 Å². The molecule has 0 aliphatic carbocycles. The molecule has 3 rings (SSSR count). The van der Waals surface area contributed by atoms with Crippen molar-refractivity contribution in [3.8, 4) is 11.5 Å². The number of aryl methyl sites for hydroxylation is 1. The summed E-state index contributed by atoms with van der Waals surface area (Å²) in [7, 11) is 0. The van der Waals surface area contributed by atoms with Gasteiger partial charge in [0.25, 0.3) is 0 Å². The fourth-order valence-electron chi connectivity index (χ4n) is 2.40. The Morgan fingerprint density at radius 2 is 2.10 bits per heavy atom. The van der Waals surface area contributed by atoms with Gasteiger partial charge in [0.1, 0.15) is 23.9 Å². The Morgan fingerprint density at radius 3 is 2.86 bits per heavy atom. The molecule has 0 radical (unpaired) electrons. The predicted octanol–water partition coefficient (Wildman–Crippen LogP) is 1.16. The summed E-state index contributed by atoms with van der Waals surface area (Å²) in [5.41, 5.74) is 0.441. The fourth-order valence-corrected chi connectivity index (χ4v) is 2.40. The van der Waals surface area contributed by atoms with Crippen LogP contribution in [0.1, 0.15) is 11.6 Å². The van der Waals surface area contributed by atoms with Gasteiger partial charge in [0.05, 0.1) is 0 Å². The molecule has 9 heteroatoms. The molecule has 3 heterocycles. The Morgan fingerprint density at radius 1 is 1.29 bits per heavy atom. The second-order valence-corrected chi connectivity index (χ2v) is 4.99. The van der Waals surface area contributed by atoms with Gasteiger partial charge in [-0.3, -0.25) is 0 Å². The summed E-state index contributed by atoms with van der Waals surface area (Å²) >= 11 is 0. The third-order valence-corrected chi connectivity index (χ3v) is 3.25. The van der Waals surface area contributed by atoms with Gasteiger partial charge in [0.2, 0.25) is 0 Å². The van der Waals surface area contributed by atoms with Crippen molar-refractivity contribution in [3.05, 3.63) is 17.8 Å². The number of imidazole rings is 1. The lowest BCUT2D eigenvalue weighted by Crippen LogP contribution is -2.19. The standard InChI is InChI=1S/C12H15F3N6/c1-8-17-11(21(19-8)7-12(13,14)15)9-6-20-5-4-16-3-2-10(20)18-9/h6,16H,2-5,7H2,1H3. The number of alkyl halides is 3. The Balaban J connectivity index is 1.97. The molecule has 0 aromatic carbocycles. The van der Waals surface area contributed by atoms with Crippen LogP contribution in [0.2, 0.25) is 0 Å². The Bertz CT molecular complexity index is 618. The molecule has 2 aromatic heterocycles. The summed E-state index contributed by atoms with van der Waals surface area (Å²) in [5, 5.41) is 7.06. The van der Waals surface area contributed by atoms with E-state index >= 15 is 0 Å². The number of rotatable bonds is 2. The summed E-state index contributed by atoms with van der Waals surface area (Å²) in [5.74, 6) is 1.33. The first-order chi connectivity index (χ1) is 9.92. The van der Waals surface area contributed by atoms with Crippen molar-refractivity contribution in [2.45, 2.75) is 32.6 Å². The minimum atomic E-state index is -4.34. The van der Waals surface area contributed by atoms with E-state index in [1.54, 1.807) is 13.1 Å². The number of fused-ring (bicyclic) bond motifs is 1. The van der Waals surface area contributed by atoms with Crippen LogP contribution in [0.5, 0.6) is 0 Å². The smallest absolute Gasteiger partial charge is 0.333 e. The van der Waals surface area contributed by atoms with E-state index in [0.717, 1.165) is 36.6 Å². The van der Waals surface area contributed by atoms with Gasteiger partial charge in [-0.2, -0.15) is 18.3 Å². The molecule has 21 heavy (non-hydrogen) atoms. The maximum Gasteiger partial charge on any atom is 0.408 e. The van der Waals surface area contributed by atoms with E-state index in [9.17, 15) is 13.2 Å². The van der Waals surface area contributed by atoms with Crippen molar-refractivity contribution < 1.29 is 13.2 Å². The number of nitrogens with one attached hydrogen (secondary N) is 1. The molecule has 114 valence electrons. The van der Waals surface area contributed by atoms with Gasteiger partial charge in [-0.1, -0.05) is 0 Å². The minimum absolute atomic E-state index is 0.165. The molecular formula is C12H15F3N6. The number of aromatic nitrogens is 5. The normalized spacial score (nSPS) is 15.8. The number of hydrogen-bond donors (Lipinski definition) is 1. The van der Waals surface area contributed by atoms with Gasteiger partial charge in [0.15, 0.2) is 5.82 Å². The van der Waals surface area contributed by atoms with Crippen LogP contribution in [-0.2, 0) is 19.5 Å². The molecule has 1 N–H and O–H groups in total. The SMILES string of the molecule is Cc1nc(-c2cn3c(n2)CCNCC3)n(CC(F)(F)F)n1. The van der Waals surface area contributed by atoms with Crippen LogP contribution in [0.3, 0.4) is 0 Å². The van der Waals surface area contributed by atoms with E-state index in [2.05, 4.69) is 20.4 Å². The summed E-state index contributed by atoms with van der Waals surface area (Å²) in [4.78, 5) is 8.51. The van der Waals surface area contributed by atoms with Crippen molar-refractivity contribution in [1.82, 2.24) is 29.6 Å². The monoisotopic (exact) mass is 300 g/mol. The second-order valence-electron chi connectivity index (χ2n) is 4.99. The van der Waals surface area contributed by atoms with Gasteiger partial charge >= 0.3 is 6.18 Å². The molecule has 0 bridgehead atoms. The minimum Gasteiger partial charge on any atom is -0.333 e. The summed E-state index contributed by atoms with van der Waals surface area (Å²) < 4.78 is 40.6. The summed E-state index contributed by atoms with van der Waals surface area (Å²) in [6.45, 7) is 2.78. The largest absolute Gasteiger partial charge is 0.408 e. The Kier molecular flexibility index (Phi) is 3.44. The third kappa shape index (κ3) is 3.07. The van der Waals surface area contributed by atoms with Crippen LogP contribution in [0.4, 0.5) is 13.2 Å². The van der Waals surface area contributed by atoms with E-state index in [0.29, 0.717) is 11.5 Å². The number of hydrogen-bond acceptors (Lipinski definition) is 4. The highest BCUT2D eigenvalue weighted by atomic mass is 19.4. The first-order valence-corrected chi connectivity index (χ1v) is 6.68. The maximum atomic E-state index is 12.6. The fraction of sp³-hybridized carbons (Fsp3) is 0.583. The first kappa shape index (κ1) is 14.1. The van der Waals surface area contributed by atoms with E-state index in [4.69, 9.17) is 0 Å². The maximum absolute atomic E-state index is 12.6. The summed E-state index contributed by atoms with van der Waals surface area (Å²) in [6, 6.07) is 0. The lowest BCUT2D eigenvalue weighted by atomic mass is 10.4. The van der Waals surface area contributed by atoms with Crippen molar-refractivity contribution in [2.24, 2.45) is 0 Å². The molecule has 1 aliphatic rings. The van der Waals surface area contributed by atoms with Gasteiger partial charge in [-0.05, 0) is 6.92 Å². The Labute approximate surface area is 119 Å². The van der Waals surface area contributed by atoms with E-state index < -0.39 is 12.7 Å². The molecule has 0 saturated carbocycles. The zero-order valence-electron chi connectivity index (χ0n) is 11.5. The van der Waals surface area contributed by atoms with Crippen molar-refractivity contribution in [2.75, 3.05) is 13.1 Å². The second kappa shape index (κ2) is 5.14. The third-order valence-electron chi connectivity index (χ3n) is 3.25. The van der Waals surface area contributed by atoms with Crippen LogP contribution in [0, 0.1) is 6.92 Å². The van der Waals surface area contributed by atoms with Crippen LogP contribution >= 0.6 is 0 Å². The molecule has 0 unspecified atom stereocenters. The number of nitrogens with zero attached hydrogens (tertiary/aromatic N) is 5. The predicted molar refractivity (Wildman–Crippen MR) is 68.6 cm³/mol. The topological polar surface area (TPSA) is 60.6 Å². The molecule has 1 aliphatic heterocycles. The lowest BCUT2D eigenvalue weighted by Gasteiger charge is -2.07. The highest BCUT2D eigenvalue weighted by Gasteiger charge is 2.31. The molecular weight excluding hydrogens is 285 g/mol. The average molecular weight is 300 g/mol. The highest BCUT2D eigenvalue weighted by Crippen LogP contribution is 2.23. The molecule has 0 fully saturated rings. The molecule has 6 nitrogen and oxygen atoms in total. The van der Waals surface area contributed by atoms with Crippen LogP contribution in [0.25, 0.3) is 11.5 Å². The average Bonchev–Trinajstić information content (AvgIpc) is 2.85. The molecule has 0 spiro atoms. The van der Waals surface area contributed by atoms with Crippen LogP contribution in [0.15, 0.2) is 6.20 Å². The molecule has 2 aromatic rings. The van der Waals surface area contributed by atoms with Crippen LogP contribution in [-0.4, -0.2) is 43.6 Å². The molecule has 0 amide bonds. The lowest BCUT2D eigenvalue weighted by molar-refractivity contribution is -0.142. The first-order valence-electron chi connectivity index (χ1n) is 6.68. The van der Waals surface area contributed by atoms with Gasteiger partial charge < -0.3 is 9.88 Å². The van der Waals surface area contributed by atoms with Crippen molar-refractivity contribution >= 4 is 0 Å². The van der Waals surface area contributed by atoms with E-state index in [-0.39, 0.29) is 5.82 Å². The van der Waals surface area contributed by atoms with Crippen molar-refractivity contribution in [3.63, 3.8) is 0 Å². The summed E-state index contributed by atoms with van der Waals surface area (Å²) in [6.07, 6.45) is -1.85. The van der Waals surface area contributed by atoms with E-state index in [1.165, 1.54) is 0 Å². The van der Waals surface area contributed by atoms with Crippen molar-refractivity contribution in [1.29, 1.82) is 0 Å². The quantitative estimate of drug-likeness (QED) is 0.904. The van der Waals surface area contributed by atoms with Gasteiger partial charge in [-0.25, -0.2) is 14.6 Å². The van der Waals surface area contributed by atoms with Crippen LogP contribution < -0.4 is 5.32 Å². The Hall–Kier alpha value is -1.90. The molecule has 0 saturated heterocycles. The highest BCUT2D eigenvalue weighted by molar-refractivity contribution is 5.49. The molecule has 0 atom stereocenters. The number of halogens is 3.